The second-order valence-electron chi connectivity index (χ2n) is 5.67. The molecule has 1 aliphatic heterocycles. The number of anilines is 1. The van der Waals surface area contributed by atoms with E-state index in [2.05, 4.69) is 15.4 Å². The van der Waals surface area contributed by atoms with Crippen LogP contribution in [0.4, 0.5) is 10.5 Å². The lowest BCUT2D eigenvalue weighted by molar-refractivity contribution is -0.123. The molecule has 130 valence electrons. The van der Waals surface area contributed by atoms with Gasteiger partial charge in [0.1, 0.15) is 5.54 Å². The molecular formula is C16H14ClN3O4S. The van der Waals surface area contributed by atoms with Gasteiger partial charge in [-0.15, -0.1) is 0 Å². The summed E-state index contributed by atoms with van der Waals surface area (Å²) in [6, 6.07) is 11.5. The minimum atomic E-state index is -3.79. The fourth-order valence-corrected chi connectivity index (χ4v) is 3.83. The number of carbonyl (C=O) groups is 2. The quantitative estimate of drug-likeness (QED) is 0.708. The summed E-state index contributed by atoms with van der Waals surface area (Å²) < 4.78 is 27.2. The Bertz CT molecular complexity index is 960. The van der Waals surface area contributed by atoms with E-state index in [1.807, 2.05) is 0 Å². The maximum atomic E-state index is 12.4. The van der Waals surface area contributed by atoms with Gasteiger partial charge in [-0.3, -0.25) is 14.8 Å². The number of imide groups is 1. The Morgan fingerprint density at radius 3 is 2.32 bits per heavy atom. The topological polar surface area (TPSA) is 104 Å². The molecule has 1 aliphatic rings. The van der Waals surface area contributed by atoms with E-state index in [0.717, 1.165) is 0 Å². The summed E-state index contributed by atoms with van der Waals surface area (Å²) in [5, 5.41) is 5.03. The van der Waals surface area contributed by atoms with Gasteiger partial charge in [0.25, 0.3) is 15.9 Å². The summed E-state index contributed by atoms with van der Waals surface area (Å²) in [5.74, 6) is -0.468. The average molecular weight is 380 g/mol. The molecule has 7 nitrogen and oxygen atoms in total. The molecular weight excluding hydrogens is 366 g/mol. The Morgan fingerprint density at radius 2 is 1.76 bits per heavy atom. The minimum Gasteiger partial charge on any atom is -0.320 e. The van der Waals surface area contributed by atoms with Crippen LogP contribution >= 0.6 is 11.6 Å². The molecule has 0 unspecified atom stereocenters. The van der Waals surface area contributed by atoms with Gasteiger partial charge < -0.3 is 5.32 Å². The first kappa shape index (κ1) is 17.2. The summed E-state index contributed by atoms with van der Waals surface area (Å²) in [6.07, 6.45) is 0. The van der Waals surface area contributed by atoms with Crippen molar-refractivity contribution in [1.82, 2.24) is 10.6 Å². The number of halogens is 1. The van der Waals surface area contributed by atoms with Crippen molar-refractivity contribution in [1.29, 1.82) is 0 Å². The largest absolute Gasteiger partial charge is 0.322 e. The molecule has 3 amide bonds. The van der Waals surface area contributed by atoms with Crippen LogP contribution in [0.15, 0.2) is 53.4 Å². The lowest BCUT2D eigenvalue weighted by atomic mass is 9.92. The number of carbonyl (C=O) groups excluding carboxylic acids is 2. The van der Waals surface area contributed by atoms with E-state index in [0.29, 0.717) is 16.3 Å². The predicted molar refractivity (Wildman–Crippen MR) is 92.7 cm³/mol. The van der Waals surface area contributed by atoms with Crippen molar-refractivity contribution in [2.24, 2.45) is 0 Å². The molecule has 3 rings (SSSR count). The van der Waals surface area contributed by atoms with Crippen LogP contribution in [-0.4, -0.2) is 20.4 Å². The van der Waals surface area contributed by atoms with E-state index in [1.54, 1.807) is 31.2 Å². The second kappa shape index (κ2) is 6.05. The number of sulfonamides is 1. The fraction of sp³-hybridized carbons (Fsp3) is 0.125. The summed E-state index contributed by atoms with van der Waals surface area (Å²) >= 11 is 5.82. The highest BCUT2D eigenvalue weighted by Gasteiger charge is 2.43. The smallest absolute Gasteiger partial charge is 0.320 e. The molecule has 3 N–H and O–H groups in total. The lowest BCUT2D eigenvalue weighted by Crippen LogP contribution is -2.40. The fourth-order valence-electron chi connectivity index (χ4n) is 2.47. The van der Waals surface area contributed by atoms with Crippen LogP contribution in [0.3, 0.4) is 0 Å². The molecule has 2 aromatic rings. The summed E-state index contributed by atoms with van der Waals surface area (Å²) in [7, 11) is -3.79. The van der Waals surface area contributed by atoms with Gasteiger partial charge in [-0.25, -0.2) is 13.2 Å². The SMILES string of the molecule is C[C@@]1(c2ccc(NS(=O)(=O)c3cccc(Cl)c3)cc2)NC(=O)NC1=O. The molecule has 0 bridgehead atoms. The standard InChI is InChI=1S/C16H14ClN3O4S/c1-16(14(21)18-15(22)19-16)10-5-7-12(8-6-10)20-25(23,24)13-4-2-3-11(17)9-13/h2-9,20H,1H3,(H2,18,19,21,22)/t16-/m0/s1. The molecule has 0 spiro atoms. The summed E-state index contributed by atoms with van der Waals surface area (Å²) in [5.41, 5.74) is -0.347. The van der Waals surface area contributed by atoms with Gasteiger partial charge in [0.2, 0.25) is 0 Å². The minimum absolute atomic E-state index is 0.0403. The van der Waals surface area contributed by atoms with Crippen LogP contribution in [-0.2, 0) is 20.4 Å². The molecule has 2 aromatic carbocycles. The highest BCUT2D eigenvalue weighted by atomic mass is 35.5. The molecule has 1 fully saturated rings. The van der Waals surface area contributed by atoms with E-state index < -0.39 is 27.5 Å². The van der Waals surface area contributed by atoms with Crippen molar-refractivity contribution in [2.75, 3.05) is 4.72 Å². The summed E-state index contributed by atoms with van der Waals surface area (Å²) in [6.45, 7) is 1.57. The maximum absolute atomic E-state index is 12.4. The highest BCUT2D eigenvalue weighted by molar-refractivity contribution is 7.92. The molecule has 1 atom stereocenters. The summed E-state index contributed by atoms with van der Waals surface area (Å²) in [4.78, 5) is 23.3. The number of rotatable bonds is 4. The van der Waals surface area contributed by atoms with E-state index >= 15 is 0 Å². The Balaban J connectivity index is 1.84. The van der Waals surface area contributed by atoms with E-state index in [-0.39, 0.29) is 4.90 Å². The normalized spacial score (nSPS) is 20.1. The Kier molecular flexibility index (Phi) is 4.18. The Labute approximate surface area is 149 Å². The van der Waals surface area contributed by atoms with Crippen LogP contribution in [0.25, 0.3) is 0 Å². The number of hydrogen-bond donors (Lipinski definition) is 3. The van der Waals surface area contributed by atoms with Crippen molar-refractivity contribution >= 4 is 39.2 Å². The van der Waals surface area contributed by atoms with Gasteiger partial charge in [-0.05, 0) is 42.8 Å². The Hall–Kier alpha value is -2.58. The van der Waals surface area contributed by atoms with Crippen molar-refractivity contribution in [2.45, 2.75) is 17.4 Å². The number of benzene rings is 2. The number of hydrogen-bond acceptors (Lipinski definition) is 4. The van der Waals surface area contributed by atoms with E-state index in [4.69, 9.17) is 11.6 Å². The molecule has 1 heterocycles. The molecule has 9 heteroatoms. The molecule has 0 saturated carbocycles. The number of urea groups is 1. The zero-order valence-corrected chi connectivity index (χ0v) is 14.6. The van der Waals surface area contributed by atoms with E-state index in [1.165, 1.54) is 24.3 Å². The Morgan fingerprint density at radius 1 is 1.08 bits per heavy atom. The van der Waals surface area contributed by atoms with Gasteiger partial charge in [0.05, 0.1) is 4.90 Å². The number of nitrogens with one attached hydrogen (secondary N) is 3. The molecule has 0 aromatic heterocycles. The zero-order chi connectivity index (χ0) is 18.2. The maximum Gasteiger partial charge on any atom is 0.322 e. The first-order chi connectivity index (χ1) is 11.7. The molecule has 1 saturated heterocycles. The third kappa shape index (κ3) is 3.31. The third-order valence-electron chi connectivity index (χ3n) is 3.87. The van der Waals surface area contributed by atoms with Crippen LogP contribution < -0.4 is 15.4 Å². The zero-order valence-electron chi connectivity index (χ0n) is 13.0. The van der Waals surface area contributed by atoms with E-state index in [9.17, 15) is 18.0 Å². The van der Waals surface area contributed by atoms with Gasteiger partial charge in [-0.1, -0.05) is 29.8 Å². The molecule has 0 radical (unpaired) electrons. The first-order valence-electron chi connectivity index (χ1n) is 7.23. The van der Waals surface area contributed by atoms with Crippen molar-refractivity contribution in [3.05, 3.63) is 59.1 Å². The monoisotopic (exact) mass is 379 g/mol. The number of amides is 3. The molecule has 0 aliphatic carbocycles. The van der Waals surface area contributed by atoms with Gasteiger partial charge >= 0.3 is 6.03 Å². The van der Waals surface area contributed by atoms with Crippen molar-refractivity contribution in [3.8, 4) is 0 Å². The highest BCUT2D eigenvalue weighted by Crippen LogP contribution is 2.26. The predicted octanol–water partition coefficient (Wildman–Crippen LogP) is 2.20. The lowest BCUT2D eigenvalue weighted by Gasteiger charge is -2.21. The van der Waals surface area contributed by atoms with Crippen molar-refractivity contribution < 1.29 is 18.0 Å². The van der Waals surface area contributed by atoms with Gasteiger partial charge in [-0.2, -0.15) is 0 Å². The van der Waals surface area contributed by atoms with Gasteiger partial charge in [0, 0.05) is 10.7 Å². The van der Waals surface area contributed by atoms with Crippen LogP contribution in [0.5, 0.6) is 0 Å². The van der Waals surface area contributed by atoms with Gasteiger partial charge in [0.15, 0.2) is 0 Å². The first-order valence-corrected chi connectivity index (χ1v) is 9.09. The van der Waals surface area contributed by atoms with Crippen LogP contribution in [0.2, 0.25) is 5.02 Å². The van der Waals surface area contributed by atoms with Crippen molar-refractivity contribution in [3.63, 3.8) is 0 Å². The van der Waals surface area contributed by atoms with Crippen LogP contribution in [0.1, 0.15) is 12.5 Å². The second-order valence-corrected chi connectivity index (χ2v) is 7.79. The third-order valence-corrected chi connectivity index (χ3v) is 5.48. The van der Waals surface area contributed by atoms with Crippen LogP contribution in [0, 0.1) is 0 Å². The average Bonchev–Trinajstić information content (AvgIpc) is 2.81. The molecule has 25 heavy (non-hydrogen) atoms.